The van der Waals surface area contributed by atoms with E-state index in [2.05, 4.69) is 21.3 Å². The van der Waals surface area contributed by atoms with E-state index in [1.165, 1.54) is 11.3 Å². The fourth-order valence-corrected chi connectivity index (χ4v) is 4.60. The summed E-state index contributed by atoms with van der Waals surface area (Å²) in [4.78, 5) is 21.5. The van der Waals surface area contributed by atoms with Crippen molar-refractivity contribution in [3.63, 3.8) is 0 Å². The maximum absolute atomic E-state index is 12.8. The van der Waals surface area contributed by atoms with E-state index in [1.807, 2.05) is 39.9 Å². The van der Waals surface area contributed by atoms with Crippen molar-refractivity contribution in [2.75, 3.05) is 38.2 Å². The summed E-state index contributed by atoms with van der Waals surface area (Å²) >= 11 is 3.16. The van der Waals surface area contributed by atoms with Crippen LogP contribution in [-0.4, -0.2) is 49.1 Å². The van der Waals surface area contributed by atoms with Gasteiger partial charge in [0, 0.05) is 42.5 Å². The summed E-state index contributed by atoms with van der Waals surface area (Å²) in [5, 5.41) is 6.85. The molecule has 1 aliphatic heterocycles. The van der Waals surface area contributed by atoms with E-state index in [0.717, 1.165) is 35.1 Å². The van der Waals surface area contributed by atoms with E-state index in [1.54, 1.807) is 18.4 Å². The number of carbonyl (C=O) groups excluding carboxylic acids is 1. The summed E-state index contributed by atoms with van der Waals surface area (Å²) in [7, 11) is 1.69. The molecular formula is C19H19N3O2S2. The monoisotopic (exact) mass is 385 g/mol. The fraction of sp³-hybridized carbons (Fsp3) is 0.263. The van der Waals surface area contributed by atoms with E-state index in [0.29, 0.717) is 18.8 Å². The number of anilines is 1. The summed E-state index contributed by atoms with van der Waals surface area (Å²) in [6, 6.07) is 10.0. The number of rotatable bonds is 4. The molecule has 0 N–H and O–H groups in total. The maximum atomic E-state index is 12.8. The topological polar surface area (TPSA) is 45.7 Å². The lowest BCUT2D eigenvalue weighted by atomic mass is 10.2. The summed E-state index contributed by atoms with van der Waals surface area (Å²) < 4.78 is 5.45. The van der Waals surface area contributed by atoms with Crippen LogP contribution in [0.3, 0.4) is 0 Å². The number of amides is 1. The lowest BCUT2D eigenvalue weighted by Gasteiger charge is -2.36. The van der Waals surface area contributed by atoms with Crippen LogP contribution in [0.15, 0.2) is 46.5 Å². The minimum atomic E-state index is 0.0161. The van der Waals surface area contributed by atoms with Gasteiger partial charge in [-0.3, -0.25) is 4.79 Å². The number of aromatic nitrogens is 1. The molecule has 2 aromatic heterocycles. The molecule has 0 unspecified atom stereocenters. The average Bonchev–Trinajstić information content (AvgIpc) is 3.39. The van der Waals surface area contributed by atoms with Crippen LogP contribution in [0.25, 0.3) is 10.6 Å². The van der Waals surface area contributed by atoms with Crippen molar-refractivity contribution >= 4 is 34.3 Å². The third-order valence-corrected chi connectivity index (χ3v) is 6.06. The Hall–Kier alpha value is -2.38. The van der Waals surface area contributed by atoms with E-state index in [-0.39, 0.29) is 5.91 Å². The molecule has 26 heavy (non-hydrogen) atoms. The van der Waals surface area contributed by atoms with Crippen LogP contribution in [-0.2, 0) is 0 Å². The van der Waals surface area contributed by atoms with Gasteiger partial charge in [-0.05, 0) is 23.6 Å². The Morgan fingerprint density at radius 1 is 1.12 bits per heavy atom. The predicted octanol–water partition coefficient (Wildman–Crippen LogP) is 3.84. The number of para-hydroxylation sites is 2. The highest BCUT2D eigenvalue weighted by molar-refractivity contribution is 7.14. The third-order valence-electron chi connectivity index (χ3n) is 4.48. The molecule has 1 saturated heterocycles. The maximum Gasteiger partial charge on any atom is 0.273 e. The highest BCUT2D eigenvalue weighted by Gasteiger charge is 2.25. The first kappa shape index (κ1) is 17.1. The number of carbonyl (C=O) groups is 1. The zero-order valence-corrected chi connectivity index (χ0v) is 16.1. The van der Waals surface area contributed by atoms with Crippen molar-refractivity contribution < 1.29 is 9.53 Å². The zero-order chi connectivity index (χ0) is 17.9. The molecule has 7 heteroatoms. The zero-order valence-electron chi connectivity index (χ0n) is 14.4. The van der Waals surface area contributed by atoms with Gasteiger partial charge in [-0.1, -0.05) is 12.1 Å². The number of benzene rings is 1. The molecule has 3 heterocycles. The third kappa shape index (κ3) is 3.32. The number of piperazine rings is 1. The van der Waals surface area contributed by atoms with E-state index >= 15 is 0 Å². The second kappa shape index (κ2) is 7.47. The van der Waals surface area contributed by atoms with Crippen LogP contribution in [0.4, 0.5) is 5.69 Å². The highest BCUT2D eigenvalue weighted by Crippen LogP contribution is 2.29. The number of hydrogen-bond donors (Lipinski definition) is 0. The van der Waals surface area contributed by atoms with Gasteiger partial charge < -0.3 is 14.5 Å². The molecule has 3 aromatic rings. The Kier molecular flexibility index (Phi) is 4.90. The van der Waals surface area contributed by atoms with E-state index < -0.39 is 0 Å². The summed E-state index contributed by atoms with van der Waals surface area (Å²) in [6.07, 6.45) is 0. The number of thiophene rings is 1. The molecule has 0 radical (unpaired) electrons. The van der Waals surface area contributed by atoms with Crippen LogP contribution in [0.2, 0.25) is 0 Å². The Morgan fingerprint density at radius 2 is 1.92 bits per heavy atom. The van der Waals surface area contributed by atoms with E-state index in [4.69, 9.17) is 4.74 Å². The molecule has 1 fully saturated rings. The van der Waals surface area contributed by atoms with Crippen molar-refractivity contribution in [3.05, 3.63) is 52.2 Å². The fourth-order valence-electron chi connectivity index (χ4n) is 3.09. The number of thiazole rings is 1. The molecule has 0 aliphatic carbocycles. The molecule has 0 atom stereocenters. The molecule has 134 valence electrons. The number of methoxy groups -OCH3 is 1. The van der Waals surface area contributed by atoms with Crippen LogP contribution in [0, 0.1) is 0 Å². The van der Waals surface area contributed by atoms with Gasteiger partial charge in [0.25, 0.3) is 5.91 Å². The molecule has 4 rings (SSSR count). The second-order valence-electron chi connectivity index (χ2n) is 6.00. The quantitative estimate of drug-likeness (QED) is 0.684. The smallest absolute Gasteiger partial charge is 0.273 e. The number of ether oxygens (including phenoxy) is 1. The Labute approximate surface area is 160 Å². The molecule has 1 amide bonds. The molecule has 5 nitrogen and oxygen atoms in total. The van der Waals surface area contributed by atoms with Crippen LogP contribution < -0.4 is 9.64 Å². The Morgan fingerprint density at radius 3 is 2.65 bits per heavy atom. The average molecular weight is 386 g/mol. The molecule has 0 saturated carbocycles. The van der Waals surface area contributed by atoms with Crippen LogP contribution in [0.1, 0.15) is 10.5 Å². The largest absolute Gasteiger partial charge is 0.495 e. The Bertz CT molecular complexity index is 884. The van der Waals surface area contributed by atoms with Gasteiger partial charge in [0.05, 0.1) is 12.8 Å². The summed E-state index contributed by atoms with van der Waals surface area (Å²) in [5.41, 5.74) is 2.71. The van der Waals surface area contributed by atoms with Crippen molar-refractivity contribution in [1.29, 1.82) is 0 Å². The van der Waals surface area contributed by atoms with Gasteiger partial charge >= 0.3 is 0 Å². The van der Waals surface area contributed by atoms with E-state index in [9.17, 15) is 4.79 Å². The van der Waals surface area contributed by atoms with Gasteiger partial charge in [0.1, 0.15) is 16.5 Å². The SMILES string of the molecule is COc1ccccc1N1CCN(C(=O)c2csc(-c3ccsc3)n2)CC1. The number of hydrogen-bond acceptors (Lipinski definition) is 6. The van der Waals surface area contributed by atoms with Gasteiger partial charge in [0.2, 0.25) is 0 Å². The van der Waals surface area contributed by atoms with Gasteiger partial charge in [-0.25, -0.2) is 4.98 Å². The normalized spacial score (nSPS) is 14.5. The lowest BCUT2D eigenvalue weighted by molar-refractivity contribution is 0.0741. The minimum absolute atomic E-state index is 0.0161. The molecule has 0 spiro atoms. The molecule has 1 aliphatic rings. The number of nitrogens with zero attached hydrogens (tertiary/aromatic N) is 3. The predicted molar refractivity (Wildman–Crippen MR) is 107 cm³/mol. The first-order valence-electron chi connectivity index (χ1n) is 8.41. The van der Waals surface area contributed by atoms with Gasteiger partial charge in [-0.2, -0.15) is 11.3 Å². The first-order valence-corrected chi connectivity index (χ1v) is 10.2. The van der Waals surface area contributed by atoms with Crippen molar-refractivity contribution in [1.82, 2.24) is 9.88 Å². The first-order chi connectivity index (χ1) is 12.8. The summed E-state index contributed by atoms with van der Waals surface area (Å²) in [5.74, 6) is 0.884. The van der Waals surface area contributed by atoms with Gasteiger partial charge in [0.15, 0.2) is 0 Å². The highest BCUT2D eigenvalue weighted by atomic mass is 32.1. The lowest BCUT2D eigenvalue weighted by Crippen LogP contribution is -2.49. The van der Waals surface area contributed by atoms with Gasteiger partial charge in [-0.15, -0.1) is 11.3 Å². The van der Waals surface area contributed by atoms with Crippen molar-refractivity contribution in [3.8, 4) is 16.3 Å². The standard InChI is InChI=1S/C19H19N3O2S2/c1-24-17-5-3-2-4-16(17)21-7-9-22(10-8-21)19(23)15-13-26-18(20-15)14-6-11-25-12-14/h2-6,11-13H,7-10H2,1H3. The van der Waals surface area contributed by atoms with Crippen LogP contribution in [0.5, 0.6) is 5.75 Å². The van der Waals surface area contributed by atoms with Crippen LogP contribution >= 0.6 is 22.7 Å². The van der Waals surface area contributed by atoms with Crippen molar-refractivity contribution in [2.45, 2.75) is 0 Å². The molecular weight excluding hydrogens is 366 g/mol. The molecule has 1 aromatic carbocycles. The molecule has 0 bridgehead atoms. The summed E-state index contributed by atoms with van der Waals surface area (Å²) in [6.45, 7) is 2.94. The minimum Gasteiger partial charge on any atom is -0.495 e. The Balaban J connectivity index is 1.42. The van der Waals surface area contributed by atoms with Crippen molar-refractivity contribution in [2.24, 2.45) is 0 Å². The second-order valence-corrected chi connectivity index (χ2v) is 7.64.